The summed E-state index contributed by atoms with van der Waals surface area (Å²) in [4.78, 5) is 23.6. The summed E-state index contributed by atoms with van der Waals surface area (Å²) in [6.07, 6.45) is -0.0464. The van der Waals surface area contributed by atoms with E-state index in [1.54, 1.807) is 37.3 Å². The first-order chi connectivity index (χ1) is 10.0. The van der Waals surface area contributed by atoms with Crippen LogP contribution in [0.4, 0.5) is 0 Å². The lowest BCUT2D eigenvalue weighted by atomic mass is 9.98. The Kier molecular flexibility index (Phi) is 4.55. The summed E-state index contributed by atoms with van der Waals surface area (Å²) in [6, 6.07) is 10.0. The van der Waals surface area contributed by atoms with Crippen LogP contribution in [0.2, 0.25) is 0 Å². The van der Waals surface area contributed by atoms with Crippen LogP contribution in [0.15, 0.2) is 36.4 Å². The number of benzene rings is 2. The van der Waals surface area contributed by atoms with Gasteiger partial charge >= 0.3 is 5.97 Å². The third-order valence-electron chi connectivity index (χ3n) is 3.23. The summed E-state index contributed by atoms with van der Waals surface area (Å²) >= 11 is 0. The summed E-state index contributed by atoms with van der Waals surface area (Å²) in [5.74, 6) is -1.40. The highest BCUT2D eigenvalue weighted by atomic mass is 16.4. The Morgan fingerprint density at radius 2 is 1.76 bits per heavy atom. The Balaban J connectivity index is 2.39. The molecule has 0 heterocycles. The zero-order valence-corrected chi connectivity index (χ0v) is 11.7. The van der Waals surface area contributed by atoms with Gasteiger partial charge in [-0.1, -0.05) is 24.3 Å². The fraction of sp³-hybridized carbons (Fsp3) is 0.250. The van der Waals surface area contributed by atoms with Crippen LogP contribution in [-0.4, -0.2) is 34.7 Å². The lowest BCUT2D eigenvalue weighted by Crippen LogP contribution is -2.27. The second-order valence-electron chi connectivity index (χ2n) is 4.91. The number of carboxylic acids is 1. The van der Waals surface area contributed by atoms with E-state index in [1.807, 2.05) is 0 Å². The van der Waals surface area contributed by atoms with Crippen molar-refractivity contribution in [3.05, 3.63) is 47.5 Å². The average molecular weight is 287 g/mol. The number of aliphatic hydroxyl groups excluding tert-OH is 1. The number of hydrogen-bond donors (Lipinski definition) is 3. The Morgan fingerprint density at radius 1 is 1.14 bits per heavy atom. The number of amides is 1. The van der Waals surface area contributed by atoms with E-state index >= 15 is 0 Å². The fourth-order valence-electron chi connectivity index (χ4n) is 2.20. The van der Waals surface area contributed by atoms with Gasteiger partial charge in [0.25, 0.3) is 5.91 Å². The number of nitrogens with one attached hydrogen (secondary N) is 1. The predicted octanol–water partition coefficient (Wildman–Crippen LogP) is 2.04. The van der Waals surface area contributed by atoms with E-state index < -0.39 is 12.1 Å². The molecule has 0 fully saturated rings. The van der Waals surface area contributed by atoms with Gasteiger partial charge in [0.2, 0.25) is 0 Å². The van der Waals surface area contributed by atoms with Crippen LogP contribution in [0.3, 0.4) is 0 Å². The number of aromatic carboxylic acids is 1. The first-order valence-electron chi connectivity index (χ1n) is 6.72. The molecule has 0 bridgehead atoms. The largest absolute Gasteiger partial charge is 0.478 e. The molecule has 2 aromatic rings. The zero-order chi connectivity index (χ0) is 15.4. The van der Waals surface area contributed by atoms with Crippen LogP contribution < -0.4 is 5.32 Å². The van der Waals surface area contributed by atoms with Crippen molar-refractivity contribution in [2.24, 2.45) is 0 Å². The van der Waals surface area contributed by atoms with Crippen molar-refractivity contribution in [1.29, 1.82) is 0 Å². The Hall–Kier alpha value is -2.40. The number of aliphatic hydroxyl groups is 1. The predicted molar refractivity (Wildman–Crippen MR) is 79.5 cm³/mol. The highest BCUT2D eigenvalue weighted by molar-refractivity contribution is 6.14. The van der Waals surface area contributed by atoms with Gasteiger partial charge in [0.05, 0.1) is 11.7 Å². The smallest absolute Gasteiger partial charge is 0.336 e. The number of carboxylic acid groups (broad SMARTS) is 1. The van der Waals surface area contributed by atoms with E-state index in [4.69, 9.17) is 0 Å². The Bertz CT molecular complexity index is 674. The second kappa shape index (κ2) is 6.37. The molecule has 0 spiro atoms. The summed E-state index contributed by atoms with van der Waals surface area (Å²) in [7, 11) is 0. The van der Waals surface area contributed by atoms with Crippen molar-refractivity contribution >= 4 is 22.6 Å². The van der Waals surface area contributed by atoms with Gasteiger partial charge in [-0.05, 0) is 30.9 Å². The minimum Gasteiger partial charge on any atom is -0.478 e. The quantitative estimate of drug-likeness (QED) is 0.785. The normalized spacial score (nSPS) is 12.1. The van der Waals surface area contributed by atoms with Gasteiger partial charge in [0, 0.05) is 17.5 Å². The number of hydrogen-bond acceptors (Lipinski definition) is 3. The van der Waals surface area contributed by atoms with E-state index in [0.29, 0.717) is 29.3 Å². The van der Waals surface area contributed by atoms with Gasteiger partial charge in [-0.3, -0.25) is 4.79 Å². The molecule has 0 aliphatic rings. The van der Waals surface area contributed by atoms with Gasteiger partial charge in [-0.25, -0.2) is 4.79 Å². The van der Waals surface area contributed by atoms with E-state index in [1.165, 1.54) is 6.07 Å². The highest BCUT2D eigenvalue weighted by Crippen LogP contribution is 2.23. The SMILES string of the molecule is CC(O)CCNC(=O)c1cccc2cccc(C(=O)O)c12. The van der Waals surface area contributed by atoms with Crippen molar-refractivity contribution < 1.29 is 19.8 Å². The van der Waals surface area contributed by atoms with Crippen LogP contribution in [-0.2, 0) is 0 Å². The topological polar surface area (TPSA) is 86.6 Å². The second-order valence-corrected chi connectivity index (χ2v) is 4.91. The maximum atomic E-state index is 12.2. The van der Waals surface area contributed by atoms with Crippen molar-refractivity contribution in [2.75, 3.05) is 6.54 Å². The van der Waals surface area contributed by atoms with Crippen molar-refractivity contribution in [3.8, 4) is 0 Å². The summed E-state index contributed by atoms with van der Waals surface area (Å²) < 4.78 is 0. The molecule has 3 N–H and O–H groups in total. The van der Waals surface area contributed by atoms with Crippen molar-refractivity contribution in [1.82, 2.24) is 5.32 Å². The molecular weight excluding hydrogens is 270 g/mol. The minimum atomic E-state index is -1.06. The molecular formula is C16H17NO4. The van der Waals surface area contributed by atoms with Gasteiger partial charge in [-0.2, -0.15) is 0 Å². The molecule has 0 aliphatic heterocycles. The molecule has 0 radical (unpaired) electrons. The molecule has 1 unspecified atom stereocenters. The lowest BCUT2D eigenvalue weighted by Gasteiger charge is -2.10. The van der Waals surface area contributed by atoms with Crippen molar-refractivity contribution in [3.63, 3.8) is 0 Å². The van der Waals surface area contributed by atoms with Crippen LogP contribution in [0, 0.1) is 0 Å². The third kappa shape index (κ3) is 3.38. The fourth-order valence-corrected chi connectivity index (χ4v) is 2.20. The van der Waals surface area contributed by atoms with Gasteiger partial charge in [-0.15, -0.1) is 0 Å². The van der Waals surface area contributed by atoms with E-state index in [0.717, 1.165) is 0 Å². The van der Waals surface area contributed by atoms with Crippen LogP contribution in [0.1, 0.15) is 34.1 Å². The van der Waals surface area contributed by atoms with Crippen molar-refractivity contribution in [2.45, 2.75) is 19.4 Å². The molecule has 5 nitrogen and oxygen atoms in total. The first-order valence-corrected chi connectivity index (χ1v) is 6.72. The maximum Gasteiger partial charge on any atom is 0.336 e. The van der Waals surface area contributed by atoms with Gasteiger partial charge in [0.15, 0.2) is 0 Å². The molecule has 0 saturated carbocycles. The first kappa shape index (κ1) is 15.0. The number of carbonyl (C=O) groups excluding carboxylic acids is 1. The molecule has 2 aromatic carbocycles. The van der Waals surface area contributed by atoms with Crippen LogP contribution in [0.25, 0.3) is 10.8 Å². The third-order valence-corrected chi connectivity index (χ3v) is 3.23. The lowest BCUT2D eigenvalue weighted by molar-refractivity contribution is 0.0699. The van der Waals surface area contributed by atoms with Gasteiger partial charge < -0.3 is 15.5 Å². The highest BCUT2D eigenvalue weighted by Gasteiger charge is 2.16. The molecule has 2 rings (SSSR count). The maximum absolute atomic E-state index is 12.2. The zero-order valence-electron chi connectivity index (χ0n) is 11.7. The molecule has 1 amide bonds. The van der Waals surface area contributed by atoms with Crippen LogP contribution in [0.5, 0.6) is 0 Å². The number of fused-ring (bicyclic) bond motifs is 1. The number of carbonyl (C=O) groups is 2. The van der Waals surface area contributed by atoms with Crippen LogP contribution >= 0.6 is 0 Å². The van der Waals surface area contributed by atoms with E-state index in [-0.39, 0.29) is 11.5 Å². The summed E-state index contributed by atoms with van der Waals surface area (Å²) in [5.41, 5.74) is 0.435. The monoisotopic (exact) mass is 287 g/mol. The molecule has 1 atom stereocenters. The standard InChI is InChI=1S/C16H17NO4/c1-10(18)8-9-17-15(19)12-6-2-4-11-5-3-7-13(14(11)12)16(20)21/h2-7,10,18H,8-9H2,1H3,(H,17,19)(H,20,21). The summed E-state index contributed by atoms with van der Waals surface area (Å²) in [6.45, 7) is 1.98. The Morgan fingerprint density at radius 3 is 2.33 bits per heavy atom. The molecule has 0 saturated heterocycles. The molecule has 0 aliphatic carbocycles. The van der Waals surface area contributed by atoms with E-state index in [2.05, 4.69) is 5.32 Å². The van der Waals surface area contributed by atoms with Gasteiger partial charge in [0.1, 0.15) is 0 Å². The average Bonchev–Trinajstić information content (AvgIpc) is 2.45. The molecule has 21 heavy (non-hydrogen) atoms. The molecule has 110 valence electrons. The minimum absolute atomic E-state index is 0.105. The van der Waals surface area contributed by atoms with E-state index in [9.17, 15) is 19.8 Å². The molecule has 5 heteroatoms. The number of rotatable bonds is 5. The Labute approximate surface area is 122 Å². The molecule has 0 aromatic heterocycles. The summed E-state index contributed by atoms with van der Waals surface area (Å²) in [5, 5.41) is 22.3.